The average molecular weight is 298 g/mol. The van der Waals surface area contributed by atoms with Gasteiger partial charge in [-0.1, -0.05) is 0 Å². The van der Waals surface area contributed by atoms with Crippen LogP contribution in [0, 0.1) is 20.8 Å². The van der Waals surface area contributed by atoms with Crippen LogP contribution in [-0.4, -0.2) is 25.7 Å². The minimum absolute atomic E-state index is 0.0576. The summed E-state index contributed by atoms with van der Waals surface area (Å²) in [5.41, 5.74) is 7.55. The lowest BCUT2D eigenvalue weighted by Crippen LogP contribution is -2.47. The summed E-state index contributed by atoms with van der Waals surface area (Å²) in [5, 5.41) is 10.0. The predicted molar refractivity (Wildman–Crippen MR) is 79.1 cm³/mol. The van der Waals surface area contributed by atoms with E-state index >= 15 is 0 Å². The van der Waals surface area contributed by atoms with Gasteiger partial charge in [0.25, 0.3) is 0 Å². The number of nitrogen functional groups attached to an aromatic ring is 1. The summed E-state index contributed by atoms with van der Waals surface area (Å²) in [7, 11) is -3.67. The van der Waals surface area contributed by atoms with Gasteiger partial charge in [0.05, 0.1) is 10.5 Å². The molecule has 0 radical (unpaired) electrons. The van der Waals surface area contributed by atoms with Crippen LogP contribution in [0.1, 0.15) is 36.0 Å². The molecule has 1 aliphatic carbocycles. The number of hydrogen-bond acceptors (Lipinski definition) is 4. The molecule has 6 heteroatoms. The van der Waals surface area contributed by atoms with Crippen molar-refractivity contribution in [1.29, 1.82) is 0 Å². The lowest BCUT2D eigenvalue weighted by molar-refractivity contribution is -0.0270. The maximum Gasteiger partial charge on any atom is 0.241 e. The van der Waals surface area contributed by atoms with Crippen LogP contribution in [0.2, 0.25) is 0 Å². The van der Waals surface area contributed by atoms with Gasteiger partial charge >= 0.3 is 0 Å². The Labute approximate surface area is 120 Å². The largest absolute Gasteiger partial charge is 0.398 e. The van der Waals surface area contributed by atoms with Crippen molar-refractivity contribution in [3.63, 3.8) is 0 Å². The summed E-state index contributed by atoms with van der Waals surface area (Å²) in [6.45, 7) is 5.37. The summed E-state index contributed by atoms with van der Waals surface area (Å²) >= 11 is 0. The van der Waals surface area contributed by atoms with E-state index in [0.29, 0.717) is 29.7 Å². The molecule has 1 aliphatic rings. The lowest BCUT2D eigenvalue weighted by Gasteiger charge is -2.36. The van der Waals surface area contributed by atoms with Crippen LogP contribution in [0.4, 0.5) is 5.69 Å². The number of rotatable bonds is 4. The Morgan fingerprint density at radius 1 is 1.30 bits per heavy atom. The smallest absolute Gasteiger partial charge is 0.241 e. The molecule has 5 nitrogen and oxygen atoms in total. The lowest BCUT2D eigenvalue weighted by atomic mass is 9.81. The molecule has 0 heterocycles. The predicted octanol–water partition coefficient (Wildman–Crippen LogP) is 1.39. The molecule has 2 rings (SSSR count). The van der Waals surface area contributed by atoms with Gasteiger partial charge in [0.1, 0.15) is 0 Å². The average Bonchev–Trinajstić information content (AvgIpc) is 2.32. The number of benzene rings is 1. The Morgan fingerprint density at radius 2 is 1.90 bits per heavy atom. The molecule has 0 atom stereocenters. The van der Waals surface area contributed by atoms with Crippen molar-refractivity contribution in [2.24, 2.45) is 0 Å². The first-order valence-electron chi connectivity index (χ1n) is 6.75. The standard InChI is InChI=1S/C14H22N2O3S/c1-9-7-12(15)11(3)13(10(9)2)20(18,19)16-8-14(17)5-4-6-14/h7,16-17H,4-6,8,15H2,1-3H3. The van der Waals surface area contributed by atoms with Crippen LogP contribution in [0.5, 0.6) is 0 Å². The highest BCUT2D eigenvalue weighted by Gasteiger charge is 2.36. The zero-order chi connectivity index (χ0) is 15.1. The van der Waals surface area contributed by atoms with Crippen LogP contribution in [0.3, 0.4) is 0 Å². The van der Waals surface area contributed by atoms with Crippen molar-refractivity contribution in [3.8, 4) is 0 Å². The van der Waals surface area contributed by atoms with Gasteiger partial charge in [-0.2, -0.15) is 0 Å². The molecule has 0 aromatic heterocycles. The maximum absolute atomic E-state index is 12.5. The van der Waals surface area contributed by atoms with E-state index < -0.39 is 15.6 Å². The van der Waals surface area contributed by atoms with Crippen LogP contribution < -0.4 is 10.5 Å². The molecule has 1 saturated carbocycles. The van der Waals surface area contributed by atoms with E-state index in [0.717, 1.165) is 12.0 Å². The number of nitrogens with one attached hydrogen (secondary N) is 1. The van der Waals surface area contributed by atoms with E-state index in [9.17, 15) is 13.5 Å². The molecule has 0 bridgehead atoms. The van der Waals surface area contributed by atoms with E-state index in [-0.39, 0.29) is 11.4 Å². The minimum Gasteiger partial charge on any atom is -0.398 e. The summed E-state index contributed by atoms with van der Waals surface area (Å²) in [6.07, 6.45) is 2.22. The first kappa shape index (κ1) is 15.3. The molecule has 0 unspecified atom stereocenters. The van der Waals surface area contributed by atoms with Crippen molar-refractivity contribution in [2.75, 3.05) is 12.3 Å². The number of aryl methyl sites for hydroxylation is 1. The maximum atomic E-state index is 12.5. The Kier molecular flexibility index (Phi) is 3.83. The van der Waals surface area contributed by atoms with E-state index in [4.69, 9.17) is 5.73 Å². The Morgan fingerprint density at radius 3 is 2.40 bits per heavy atom. The normalized spacial score (nSPS) is 17.8. The zero-order valence-corrected chi connectivity index (χ0v) is 13.0. The SMILES string of the molecule is Cc1cc(N)c(C)c(S(=O)(=O)NCC2(O)CCC2)c1C. The molecule has 20 heavy (non-hydrogen) atoms. The highest BCUT2D eigenvalue weighted by molar-refractivity contribution is 7.89. The molecular weight excluding hydrogens is 276 g/mol. The van der Waals surface area contributed by atoms with Crippen molar-refractivity contribution in [1.82, 2.24) is 4.72 Å². The molecule has 0 amide bonds. The highest BCUT2D eigenvalue weighted by Crippen LogP contribution is 2.32. The van der Waals surface area contributed by atoms with Crippen molar-refractivity contribution >= 4 is 15.7 Å². The third-order valence-corrected chi connectivity index (χ3v) is 5.90. The van der Waals surface area contributed by atoms with Gasteiger partial charge in [-0.15, -0.1) is 0 Å². The van der Waals surface area contributed by atoms with E-state index in [1.54, 1.807) is 19.9 Å². The third-order valence-electron chi connectivity index (χ3n) is 4.22. The van der Waals surface area contributed by atoms with Crippen LogP contribution in [-0.2, 0) is 10.0 Å². The summed E-state index contributed by atoms with van der Waals surface area (Å²) in [6, 6.07) is 1.78. The van der Waals surface area contributed by atoms with Gasteiger partial charge in [-0.25, -0.2) is 13.1 Å². The van der Waals surface area contributed by atoms with E-state index in [1.165, 1.54) is 0 Å². The molecule has 0 saturated heterocycles. The second kappa shape index (κ2) is 5.02. The zero-order valence-electron chi connectivity index (χ0n) is 12.2. The number of anilines is 1. The third kappa shape index (κ3) is 2.68. The number of aliphatic hydroxyl groups is 1. The number of sulfonamides is 1. The van der Waals surface area contributed by atoms with Crippen LogP contribution in [0.15, 0.2) is 11.0 Å². The molecule has 112 valence electrons. The molecule has 4 N–H and O–H groups in total. The fourth-order valence-electron chi connectivity index (χ4n) is 2.51. The summed E-state index contributed by atoms with van der Waals surface area (Å²) in [5.74, 6) is 0. The quantitative estimate of drug-likeness (QED) is 0.732. The topological polar surface area (TPSA) is 92.4 Å². The highest BCUT2D eigenvalue weighted by atomic mass is 32.2. The number of nitrogens with two attached hydrogens (primary N) is 1. The van der Waals surface area contributed by atoms with Gasteiger partial charge in [-0.05, 0) is 62.8 Å². The fourth-order valence-corrected chi connectivity index (χ4v) is 4.20. The van der Waals surface area contributed by atoms with Gasteiger partial charge in [-0.3, -0.25) is 0 Å². The second-order valence-electron chi connectivity index (χ2n) is 5.76. The summed E-state index contributed by atoms with van der Waals surface area (Å²) in [4.78, 5) is 0.234. The van der Waals surface area contributed by atoms with E-state index in [1.807, 2.05) is 6.92 Å². The fraction of sp³-hybridized carbons (Fsp3) is 0.571. The first-order valence-corrected chi connectivity index (χ1v) is 8.23. The number of hydrogen-bond donors (Lipinski definition) is 3. The van der Waals surface area contributed by atoms with Crippen LogP contribution >= 0.6 is 0 Å². The van der Waals surface area contributed by atoms with Gasteiger partial charge < -0.3 is 10.8 Å². The van der Waals surface area contributed by atoms with Gasteiger partial charge in [0.15, 0.2) is 0 Å². The Bertz CT molecular complexity index is 608. The Balaban J connectivity index is 2.34. The van der Waals surface area contributed by atoms with Crippen molar-refractivity contribution < 1.29 is 13.5 Å². The van der Waals surface area contributed by atoms with Gasteiger partial charge in [0.2, 0.25) is 10.0 Å². The molecular formula is C14H22N2O3S. The minimum atomic E-state index is -3.67. The van der Waals surface area contributed by atoms with Crippen molar-refractivity contribution in [3.05, 3.63) is 22.8 Å². The second-order valence-corrected chi connectivity index (χ2v) is 7.47. The van der Waals surface area contributed by atoms with E-state index in [2.05, 4.69) is 4.72 Å². The molecule has 1 fully saturated rings. The molecule has 0 aliphatic heterocycles. The summed E-state index contributed by atoms with van der Waals surface area (Å²) < 4.78 is 27.5. The van der Waals surface area contributed by atoms with Crippen molar-refractivity contribution in [2.45, 2.75) is 50.5 Å². The molecule has 1 aromatic carbocycles. The monoisotopic (exact) mass is 298 g/mol. The van der Waals surface area contributed by atoms with Gasteiger partial charge in [0, 0.05) is 12.2 Å². The first-order chi connectivity index (χ1) is 9.16. The van der Waals surface area contributed by atoms with Crippen LogP contribution in [0.25, 0.3) is 0 Å². The Hall–Kier alpha value is -1.11. The molecule has 0 spiro atoms. The molecule has 1 aromatic rings.